The third-order valence-electron chi connectivity index (χ3n) is 5.57. The number of carbonyl (C=O) groups is 1. The van der Waals surface area contributed by atoms with E-state index in [4.69, 9.17) is 4.74 Å². The lowest BCUT2D eigenvalue weighted by atomic mass is 10.1. The number of nitrogens with zero attached hydrogens (tertiary/aromatic N) is 2. The number of fused-ring (bicyclic) bond motifs is 1. The highest BCUT2D eigenvalue weighted by atomic mass is 16.5. The molecule has 0 radical (unpaired) electrons. The van der Waals surface area contributed by atoms with Crippen LogP contribution in [0.1, 0.15) is 22.4 Å². The Morgan fingerprint density at radius 1 is 1.17 bits per heavy atom. The first-order valence-corrected chi connectivity index (χ1v) is 9.85. The molecule has 0 unspecified atom stereocenters. The fraction of sp³-hybridized carbons (Fsp3) is 0.261. The maximum atomic E-state index is 12.8. The van der Waals surface area contributed by atoms with Crippen LogP contribution in [0.15, 0.2) is 47.3 Å². The molecular formula is C23H24N4O3. The number of ether oxygens (including phenoxy) is 1. The number of nitrogens with one attached hydrogen (secondary N) is 2. The van der Waals surface area contributed by atoms with E-state index in [0.29, 0.717) is 24.4 Å². The number of hydrogen-bond donors (Lipinski definition) is 2. The van der Waals surface area contributed by atoms with Gasteiger partial charge in [0.05, 0.1) is 24.9 Å². The molecule has 0 atom stereocenters. The lowest BCUT2D eigenvalue weighted by molar-refractivity contribution is 0.205. The van der Waals surface area contributed by atoms with Gasteiger partial charge >= 0.3 is 6.03 Å². The first-order valence-electron chi connectivity index (χ1n) is 9.85. The van der Waals surface area contributed by atoms with Gasteiger partial charge in [0.25, 0.3) is 5.56 Å². The van der Waals surface area contributed by atoms with Crippen LogP contribution in [0, 0.1) is 13.8 Å². The largest absolute Gasteiger partial charge is 0.497 e. The fourth-order valence-corrected chi connectivity index (χ4v) is 3.56. The highest BCUT2D eigenvalue weighted by Gasteiger charge is 2.25. The predicted octanol–water partition coefficient (Wildman–Crippen LogP) is 3.65. The van der Waals surface area contributed by atoms with Crippen molar-refractivity contribution in [3.63, 3.8) is 0 Å². The molecule has 0 spiro atoms. The van der Waals surface area contributed by atoms with Gasteiger partial charge in [0.2, 0.25) is 0 Å². The Bertz CT molecular complexity index is 1150. The van der Waals surface area contributed by atoms with Gasteiger partial charge in [0, 0.05) is 24.2 Å². The summed E-state index contributed by atoms with van der Waals surface area (Å²) in [5.41, 5.74) is 4.80. The topological polar surface area (TPSA) is 87.3 Å². The number of carbonyl (C=O) groups excluding carboxylic acids is 1. The number of methoxy groups -OCH3 is 1. The monoisotopic (exact) mass is 404 g/mol. The van der Waals surface area contributed by atoms with Gasteiger partial charge in [-0.3, -0.25) is 4.79 Å². The van der Waals surface area contributed by atoms with Crippen LogP contribution in [-0.2, 0) is 13.0 Å². The number of benzene rings is 2. The van der Waals surface area contributed by atoms with Crippen LogP contribution in [0.4, 0.5) is 10.5 Å². The Kier molecular flexibility index (Phi) is 5.27. The van der Waals surface area contributed by atoms with Crippen molar-refractivity contribution in [2.24, 2.45) is 0 Å². The molecule has 4 rings (SSSR count). The molecule has 0 aliphatic carbocycles. The molecule has 30 heavy (non-hydrogen) atoms. The number of aromatic amines is 1. The lowest BCUT2D eigenvalue weighted by Crippen LogP contribution is -2.41. The molecule has 7 nitrogen and oxygen atoms in total. The van der Waals surface area contributed by atoms with Crippen molar-refractivity contribution in [1.82, 2.24) is 14.9 Å². The summed E-state index contributed by atoms with van der Waals surface area (Å²) in [6.45, 7) is 4.72. The molecule has 2 N–H and O–H groups in total. The van der Waals surface area contributed by atoms with Gasteiger partial charge in [-0.05, 0) is 55.3 Å². The average Bonchev–Trinajstić information content (AvgIpc) is 2.76. The molecule has 1 aliphatic rings. The van der Waals surface area contributed by atoms with Crippen molar-refractivity contribution in [3.8, 4) is 17.1 Å². The average molecular weight is 404 g/mol. The minimum absolute atomic E-state index is 0.213. The minimum atomic E-state index is -0.215. The zero-order chi connectivity index (χ0) is 21.3. The van der Waals surface area contributed by atoms with Crippen molar-refractivity contribution < 1.29 is 9.53 Å². The van der Waals surface area contributed by atoms with E-state index in [2.05, 4.69) is 15.3 Å². The lowest BCUT2D eigenvalue weighted by Gasteiger charge is -2.28. The summed E-state index contributed by atoms with van der Waals surface area (Å²) in [7, 11) is 1.61. The maximum Gasteiger partial charge on any atom is 0.322 e. The molecule has 2 amide bonds. The molecule has 7 heteroatoms. The molecule has 0 saturated carbocycles. The second-order valence-corrected chi connectivity index (χ2v) is 7.42. The van der Waals surface area contributed by atoms with Gasteiger partial charge in [-0.15, -0.1) is 0 Å². The summed E-state index contributed by atoms with van der Waals surface area (Å²) in [4.78, 5) is 34.6. The first kappa shape index (κ1) is 19.7. The van der Waals surface area contributed by atoms with Gasteiger partial charge in [-0.2, -0.15) is 0 Å². The summed E-state index contributed by atoms with van der Waals surface area (Å²) < 4.78 is 5.17. The van der Waals surface area contributed by atoms with E-state index in [9.17, 15) is 9.59 Å². The Morgan fingerprint density at radius 3 is 2.67 bits per heavy atom. The number of anilines is 1. The molecule has 2 heterocycles. The molecular weight excluding hydrogens is 380 g/mol. The first-order chi connectivity index (χ1) is 14.5. The van der Waals surface area contributed by atoms with E-state index in [1.54, 1.807) is 12.0 Å². The second kappa shape index (κ2) is 8.02. The fourth-order valence-electron chi connectivity index (χ4n) is 3.56. The zero-order valence-corrected chi connectivity index (χ0v) is 17.3. The summed E-state index contributed by atoms with van der Waals surface area (Å²) >= 11 is 0. The third-order valence-corrected chi connectivity index (χ3v) is 5.57. The summed E-state index contributed by atoms with van der Waals surface area (Å²) in [6, 6.07) is 13.0. The van der Waals surface area contributed by atoms with Crippen LogP contribution < -0.4 is 15.6 Å². The smallest absolute Gasteiger partial charge is 0.322 e. The highest BCUT2D eigenvalue weighted by Crippen LogP contribution is 2.23. The van der Waals surface area contributed by atoms with Crippen LogP contribution in [0.5, 0.6) is 5.75 Å². The molecule has 1 aromatic heterocycles. The van der Waals surface area contributed by atoms with Gasteiger partial charge in [0.15, 0.2) is 0 Å². The minimum Gasteiger partial charge on any atom is -0.497 e. The molecule has 3 aromatic rings. The van der Waals surface area contributed by atoms with E-state index in [0.717, 1.165) is 33.8 Å². The molecule has 0 bridgehead atoms. The van der Waals surface area contributed by atoms with E-state index >= 15 is 0 Å². The van der Waals surface area contributed by atoms with Crippen molar-refractivity contribution in [2.75, 3.05) is 19.0 Å². The van der Waals surface area contributed by atoms with Gasteiger partial charge in [-0.25, -0.2) is 9.78 Å². The Labute approximate surface area is 174 Å². The standard InChI is InChI=1S/C23H24N4O3/c1-14-5-4-6-19(15(14)2)25-23(29)27-12-11-20-18(13-27)22(28)26-21(24-20)16-7-9-17(30-3)10-8-16/h4-10H,11-13H2,1-3H3,(H,25,29)(H,24,26,28). The quantitative estimate of drug-likeness (QED) is 0.698. The van der Waals surface area contributed by atoms with E-state index in [1.165, 1.54) is 0 Å². The van der Waals surface area contributed by atoms with Gasteiger partial charge in [0.1, 0.15) is 11.6 Å². The van der Waals surface area contributed by atoms with Crippen LogP contribution in [-0.4, -0.2) is 34.6 Å². The summed E-state index contributed by atoms with van der Waals surface area (Å²) in [5, 5.41) is 2.96. The normalized spacial score (nSPS) is 13.0. The summed E-state index contributed by atoms with van der Waals surface area (Å²) in [6.07, 6.45) is 0.530. The molecule has 0 saturated heterocycles. The molecule has 0 fully saturated rings. The van der Waals surface area contributed by atoms with E-state index in [1.807, 2.05) is 56.3 Å². The number of H-pyrrole nitrogens is 1. The highest BCUT2D eigenvalue weighted by molar-refractivity contribution is 5.90. The number of aromatic nitrogens is 2. The Balaban J connectivity index is 1.54. The molecule has 154 valence electrons. The van der Waals surface area contributed by atoms with Crippen LogP contribution in [0.2, 0.25) is 0 Å². The number of hydrogen-bond acceptors (Lipinski definition) is 4. The van der Waals surface area contributed by atoms with Crippen LogP contribution >= 0.6 is 0 Å². The SMILES string of the molecule is COc1ccc(-c2nc3c(c(=O)[nH]2)CN(C(=O)Nc2cccc(C)c2C)CC3)cc1. The van der Waals surface area contributed by atoms with Crippen molar-refractivity contribution >= 4 is 11.7 Å². The Morgan fingerprint density at radius 2 is 1.93 bits per heavy atom. The molecule has 2 aromatic carbocycles. The van der Waals surface area contributed by atoms with E-state index in [-0.39, 0.29) is 18.1 Å². The van der Waals surface area contributed by atoms with Crippen molar-refractivity contribution in [3.05, 3.63) is 75.2 Å². The predicted molar refractivity (Wildman–Crippen MR) is 116 cm³/mol. The third kappa shape index (κ3) is 3.78. The second-order valence-electron chi connectivity index (χ2n) is 7.42. The number of amides is 2. The van der Waals surface area contributed by atoms with Gasteiger partial charge < -0.3 is 19.9 Å². The molecule has 1 aliphatic heterocycles. The van der Waals surface area contributed by atoms with Crippen molar-refractivity contribution in [2.45, 2.75) is 26.8 Å². The number of urea groups is 1. The van der Waals surface area contributed by atoms with E-state index < -0.39 is 0 Å². The number of rotatable bonds is 3. The van der Waals surface area contributed by atoms with Crippen LogP contribution in [0.3, 0.4) is 0 Å². The van der Waals surface area contributed by atoms with Crippen molar-refractivity contribution in [1.29, 1.82) is 0 Å². The summed E-state index contributed by atoms with van der Waals surface area (Å²) in [5.74, 6) is 1.26. The number of aryl methyl sites for hydroxylation is 1. The van der Waals surface area contributed by atoms with Crippen LogP contribution in [0.25, 0.3) is 11.4 Å². The van der Waals surface area contributed by atoms with Gasteiger partial charge in [-0.1, -0.05) is 12.1 Å². The zero-order valence-electron chi connectivity index (χ0n) is 17.3. The maximum absolute atomic E-state index is 12.8. The Hall–Kier alpha value is -3.61.